The van der Waals surface area contributed by atoms with Crippen molar-refractivity contribution in [2.75, 3.05) is 26.5 Å². The van der Waals surface area contributed by atoms with Gasteiger partial charge in [-0.3, -0.25) is 9.59 Å². The summed E-state index contributed by atoms with van der Waals surface area (Å²) >= 11 is 0. The van der Waals surface area contributed by atoms with Crippen LogP contribution in [0.2, 0.25) is 0 Å². The lowest BCUT2D eigenvalue weighted by Crippen LogP contribution is -2.32. The first-order valence-corrected chi connectivity index (χ1v) is 7.77. The normalized spacial score (nSPS) is 14.4. The van der Waals surface area contributed by atoms with Crippen molar-refractivity contribution >= 4 is 17.8 Å². The molecule has 25 heavy (non-hydrogen) atoms. The highest BCUT2D eigenvalue weighted by molar-refractivity contribution is 6.01. The smallest absolute Gasteiger partial charge is 0.335 e. The minimum atomic E-state index is -0.711. The summed E-state index contributed by atoms with van der Waals surface area (Å²) in [7, 11) is 0. The van der Waals surface area contributed by atoms with Crippen molar-refractivity contribution in [3.63, 3.8) is 0 Å². The van der Waals surface area contributed by atoms with Crippen LogP contribution in [0.15, 0.2) is 6.20 Å². The van der Waals surface area contributed by atoms with E-state index >= 15 is 0 Å². The van der Waals surface area contributed by atoms with Gasteiger partial charge in [0, 0.05) is 12.8 Å². The van der Waals surface area contributed by atoms with Crippen LogP contribution in [0.25, 0.3) is 0 Å². The fourth-order valence-electron chi connectivity index (χ4n) is 1.97. The molecule has 138 valence electrons. The third-order valence-electron chi connectivity index (χ3n) is 3.17. The molecular weight excluding hydrogens is 338 g/mol. The highest BCUT2D eigenvalue weighted by Crippen LogP contribution is 2.12. The number of hydrogen-bond acceptors (Lipinski definition) is 8. The Bertz CT molecular complexity index is 592. The number of halogens is 1. The lowest BCUT2D eigenvalue weighted by Gasteiger charge is -2.12. The minimum absolute atomic E-state index is 0.0146. The topological polar surface area (TPSA) is 113 Å². The number of imide groups is 1. The first kappa shape index (κ1) is 18.9. The number of nitrogens with zero attached hydrogens (tertiary/aromatic N) is 4. The van der Waals surface area contributed by atoms with E-state index in [1.807, 2.05) is 0 Å². The monoisotopic (exact) mass is 357 g/mol. The summed E-state index contributed by atoms with van der Waals surface area (Å²) in [5.41, 5.74) is 0.581. The van der Waals surface area contributed by atoms with E-state index in [-0.39, 0.29) is 45.7 Å². The number of carbonyl (C=O) groups excluding carboxylic acids is 3. The molecule has 0 bridgehead atoms. The summed E-state index contributed by atoms with van der Waals surface area (Å²) in [4.78, 5) is 38.8. The van der Waals surface area contributed by atoms with Crippen LogP contribution < -0.4 is 0 Å². The van der Waals surface area contributed by atoms with Crippen molar-refractivity contribution in [2.24, 2.45) is 0 Å². The van der Waals surface area contributed by atoms with E-state index < -0.39 is 24.5 Å². The van der Waals surface area contributed by atoms with Gasteiger partial charge in [0.25, 0.3) is 11.8 Å². The molecule has 0 aliphatic carbocycles. The van der Waals surface area contributed by atoms with Gasteiger partial charge in [0.2, 0.25) is 0 Å². The molecule has 0 N–H and O–H groups in total. The maximum Gasteiger partial charge on any atom is 0.335 e. The van der Waals surface area contributed by atoms with Crippen LogP contribution in [0.1, 0.15) is 25.0 Å². The molecule has 1 saturated heterocycles. The number of ether oxygens (including phenoxy) is 2. The molecule has 2 rings (SSSR count). The SMILES string of the molecule is O=C(CCOCCn1cc(COCC[18F])nn1)ON1C(=O)CCC1=O. The summed E-state index contributed by atoms with van der Waals surface area (Å²) in [5.74, 6) is -1.75. The Morgan fingerprint density at radius 1 is 1.16 bits per heavy atom. The molecule has 0 saturated carbocycles. The van der Waals surface area contributed by atoms with E-state index in [9.17, 15) is 18.8 Å². The Morgan fingerprint density at radius 3 is 2.64 bits per heavy atom. The lowest BCUT2D eigenvalue weighted by molar-refractivity contribution is -0.198. The molecule has 1 aromatic rings. The standard InChI is InChI=1S/C14H19FN4O6/c15-4-7-24-10-11-9-18(17-16-11)5-8-23-6-3-14(22)25-19-12(20)1-2-13(19)21/h9H,1-8,10H2/i15-1. The van der Waals surface area contributed by atoms with Gasteiger partial charge in [0.05, 0.1) is 45.6 Å². The van der Waals surface area contributed by atoms with Gasteiger partial charge in [-0.2, -0.15) is 0 Å². The molecule has 1 fully saturated rings. The predicted octanol–water partition coefficient (Wildman–Crippen LogP) is -0.222. The molecule has 10 nitrogen and oxygen atoms in total. The number of amides is 2. The molecule has 2 amide bonds. The molecular formula is C14H19FN4O6. The number of aromatic nitrogens is 3. The van der Waals surface area contributed by atoms with E-state index in [4.69, 9.17) is 14.3 Å². The Labute approximate surface area is 142 Å². The minimum Gasteiger partial charge on any atom is -0.379 e. The van der Waals surface area contributed by atoms with Gasteiger partial charge in [-0.05, 0) is 0 Å². The zero-order valence-electron chi connectivity index (χ0n) is 13.6. The second kappa shape index (κ2) is 9.79. The molecule has 0 unspecified atom stereocenters. The zero-order chi connectivity index (χ0) is 18.1. The van der Waals surface area contributed by atoms with E-state index in [1.54, 1.807) is 6.20 Å². The van der Waals surface area contributed by atoms with Crippen molar-refractivity contribution in [3.8, 4) is 0 Å². The number of alkyl halides is 1. The van der Waals surface area contributed by atoms with Gasteiger partial charge in [-0.15, -0.1) is 10.2 Å². The van der Waals surface area contributed by atoms with Crippen LogP contribution >= 0.6 is 0 Å². The molecule has 11 heteroatoms. The fraction of sp³-hybridized carbons (Fsp3) is 0.643. The first-order chi connectivity index (χ1) is 12.1. The van der Waals surface area contributed by atoms with Gasteiger partial charge in [0.15, 0.2) is 0 Å². The summed E-state index contributed by atoms with van der Waals surface area (Å²) in [5, 5.41) is 8.21. The summed E-state index contributed by atoms with van der Waals surface area (Å²) in [6, 6.07) is 0. The van der Waals surface area contributed by atoms with Crippen LogP contribution in [0.4, 0.5) is 4.39 Å². The van der Waals surface area contributed by atoms with Gasteiger partial charge in [-0.25, -0.2) is 13.9 Å². The molecule has 1 aliphatic heterocycles. The largest absolute Gasteiger partial charge is 0.379 e. The predicted molar refractivity (Wildman–Crippen MR) is 78.3 cm³/mol. The highest BCUT2D eigenvalue weighted by Gasteiger charge is 2.32. The van der Waals surface area contributed by atoms with Gasteiger partial charge in [-0.1, -0.05) is 5.21 Å². The third kappa shape index (κ3) is 6.19. The molecule has 1 aliphatic rings. The average Bonchev–Trinajstić information content (AvgIpc) is 3.16. The summed E-state index contributed by atoms with van der Waals surface area (Å²) in [6.45, 7) is 0.420. The summed E-state index contributed by atoms with van der Waals surface area (Å²) < 4.78 is 23.7. The Balaban J connectivity index is 1.56. The first-order valence-electron chi connectivity index (χ1n) is 7.77. The van der Waals surface area contributed by atoms with Crippen molar-refractivity contribution in [1.29, 1.82) is 0 Å². The van der Waals surface area contributed by atoms with Crippen LogP contribution in [0, 0.1) is 0 Å². The Kier molecular flexibility index (Phi) is 7.41. The van der Waals surface area contributed by atoms with Crippen molar-refractivity contribution < 1.29 is 33.1 Å². The van der Waals surface area contributed by atoms with E-state index in [2.05, 4.69) is 10.3 Å². The Morgan fingerprint density at radius 2 is 1.92 bits per heavy atom. The second-order valence-electron chi connectivity index (χ2n) is 5.12. The number of hydrogen-bond donors (Lipinski definition) is 0. The molecule has 1 aromatic heterocycles. The van der Waals surface area contributed by atoms with Gasteiger partial charge in [0.1, 0.15) is 12.4 Å². The number of carbonyl (C=O) groups is 3. The molecule has 0 atom stereocenters. The summed E-state index contributed by atoms with van der Waals surface area (Å²) in [6.07, 6.45) is 1.68. The zero-order valence-corrected chi connectivity index (χ0v) is 13.6. The van der Waals surface area contributed by atoms with Crippen molar-refractivity contribution in [2.45, 2.75) is 32.4 Å². The maximum atomic E-state index is 11.9. The van der Waals surface area contributed by atoms with E-state index in [0.29, 0.717) is 17.3 Å². The van der Waals surface area contributed by atoms with Gasteiger partial charge < -0.3 is 14.3 Å². The third-order valence-corrected chi connectivity index (χ3v) is 3.17. The van der Waals surface area contributed by atoms with Crippen molar-refractivity contribution in [3.05, 3.63) is 11.9 Å². The van der Waals surface area contributed by atoms with Crippen LogP contribution in [-0.2, 0) is 41.8 Å². The van der Waals surface area contributed by atoms with Gasteiger partial charge >= 0.3 is 5.97 Å². The fourth-order valence-corrected chi connectivity index (χ4v) is 1.97. The molecule has 0 spiro atoms. The highest BCUT2D eigenvalue weighted by atomic mass is 18.2. The molecule has 0 aromatic carbocycles. The van der Waals surface area contributed by atoms with Crippen LogP contribution in [0.3, 0.4) is 0 Å². The second-order valence-corrected chi connectivity index (χ2v) is 5.12. The molecule has 0 radical (unpaired) electrons. The van der Waals surface area contributed by atoms with Crippen LogP contribution in [-0.4, -0.2) is 64.3 Å². The average molecular weight is 357 g/mol. The van der Waals surface area contributed by atoms with Crippen molar-refractivity contribution in [1.82, 2.24) is 20.1 Å². The van der Waals surface area contributed by atoms with E-state index in [0.717, 1.165) is 0 Å². The quantitative estimate of drug-likeness (QED) is 0.394. The van der Waals surface area contributed by atoms with Crippen LogP contribution in [0.5, 0.6) is 0 Å². The van der Waals surface area contributed by atoms with E-state index in [1.165, 1.54) is 4.68 Å². The molecule has 2 heterocycles. The lowest BCUT2D eigenvalue weighted by atomic mass is 10.4. The maximum absolute atomic E-state index is 11.9. The number of rotatable bonds is 11. The Hall–Kier alpha value is -2.40. The number of hydroxylamine groups is 2.